The number of benzene rings is 1. The highest BCUT2D eigenvalue weighted by molar-refractivity contribution is 5.95. The number of esters is 1. The van der Waals surface area contributed by atoms with Crippen molar-refractivity contribution in [2.75, 3.05) is 7.11 Å². The van der Waals surface area contributed by atoms with Crippen LogP contribution < -0.4 is 9.47 Å². The fourth-order valence-corrected chi connectivity index (χ4v) is 1.53. The van der Waals surface area contributed by atoms with E-state index in [1.807, 2.05) is 0 Å². The van der Waals surface area contributed by atoms with Gasteiger partial charge in [0, 0.05) is 13.3 Å². The van der Waals surface area contributed by atoms with Crippen molar-refractivity contribution < 1.29 is 29.0 Å². The number of carbonyl (C=O) groups excluding carboxylic acids is 2. The normalized spacial score (nSPS) is 10.4. The molecule has 0 saturated heterocycles. The molecule has 0 aliphatic rings. The number of ether oxygens (including phenoxy) is 2. The zero-order chi connectivity index (χ0) is 15.8. The smallest absolute Gasteiger partial charge is 0.308 e. The van der Waals surface area contributed by atoms with E-state index in [1.54, 1.807) is 24.3 Å². The van der Waals surface area contributed by atoms with E-state index in [0.29, 0.717) is 17.1 Å². The van der Waals surface area contributed by atoms with E-state index in [0.717, 1.165) is 0 Å². The molecule has 112 valence electrons. The molecule has 0 aliphatic heterocycles. The van der Waals surface area contributed by atoms with Crippen molar-refractivity contribution in [3.05, 3.63) is 29.8 Å². The summed E-state index contributed by atoms with van der Waals surface area (Å²) in [6.07, 6.45) is 2.61. The summed E-state index contributed by atoms with van der Waals surface area (Å²) in [5, 5.41) is 8.48. The summed E-state index contributed by atoms with van der Waals surface area (Å²) in [4.78, 5) is 32.7. The van der Waals surface area contributed by atoms with Crippen LogP contribution in [0.25, 0.3) is 6.08 Å². The molecule has 0 bridgehead atoms. The number of methoxy groups -OCH3 is 1. The highest BCUT2D eigenvalue weighted by Crippen LogP contribution is 2.28. The average molecular weight is 292 g/mol. The number of rotatable bonds is 7. The van der Waals surface area contributed by atoms with Crippen LogP contribution in [-0.4, -0.2) is 29.9 Å². The van der Waals surface area contributed by atoms with Gasteiger partial charge in [0.2, 0.25) is 0 Å². The van der Waals surface area contributed by atoms with Gasteiger partial charge in [-0.25, -0.2) is 0 Å². The third-order valence-electron chi connectivity index (χ3n) is 2.49. The number of allylic oxidation sites excluding steroid dienone is 1. The summed E-state index contributed by atoms with van der Waals surface area (Å²) in [7, 11) is 1.44. The second-order valence-corrected chi connectivity index (χ2v) is 4.20. The number of hydrogen-bond acceptors (Lipinski definition) is 5. The van der Waals surface area contributed by atoms with Gasteiger partial charge in [0.15, 0.2) is 17.3 Å². The summed E-state index contributed by atoms with van der Waals surface area (Å²) in [5.74, 6) is -1.09. The molecular formula is C15H16O6. The molecule has 0 amide bonds. The van der Waals surface area contributed by atoms with Crippen LogP contribution in [0.2, 0.25) is 0 Å². The largest absolute Gasteiger partial charge is 0.493 e. The van der Waals surface area contributed by atoms with Crippen molar-refractivity contribution in [2.24, 2.45) is 0 Å². The first-order valence-corrected chi connectivity index (χ1v) is 6.21. The van der Waals surface area contributed by atoms with E-state index in [4.69, 9.17) is 14.6 Å². The predicted octanol–water partition coefficient (Wildman–Crippen LogP) is 2.07. The van der Waals surface area contributed by atoms with Gasteiger partial charge >= 0.3 is 11.9 Å². The molecule has 0 fully saturated rings. The minimum atomic E-state index is -1.01. The SMILES string of the molecule is COc1cc(/C=C/C(=O)CCC(=O)O)ccc1OC(C)=O. The van der Waals surface area contributed by atoms with Gasteiger partial charge in [-0.3, -0.25) is 14.4 Å². The summed E-state index contributed by atoms with van der Waals surface area (Å²) in [6, 6.07) is 4.82. The topological polar surface area (TPSA) is 89.9 Å². The van der Waals surface area contributed by atoms with Gasteiger partial charge < -0.3 is 14.6 Å². The maximum Gasteiger partial charge on any atom is 0.308 e. The number of ketones is 1. The number of carboxylic acids is 1. The molecule has 0 unspecified atom stereocenters. The van der Waals surface area contributed by atoms with E-state index < -0.39 is 11.9 Å². The third-order valence-corrected chi connectivity index (χ3v) is 2.49. The summed E-state index contributed by atoms with van der Waals surface area (Å²) in [6.45, 7) is 1.29. The fourth-order valence-electron chi connectivity index (χ4n) is 1.53. The Morgan fingerprint density at radius 3 is 2.48 bits per heavy atom. The zero-order valence-corrected chi connectivity index (χ0v) is 11.8. The van der Waals surface area contributed by atoms with E-state index in [-0.39, 0.29) is 18.6 Å². The van der Waals surface area contributed by atoms with Crippen LogP contribution in [0.4, 0.5) is 0 Å². The molecule has 21 heavy (non-hydrogen) atoms. The van der Waals surface area contributed by atoms with Gasteiger partial charge in [0.05, 0.1) is 13.5 Å². The minimum Gasteiger partial charge on any atom is -0.493 e. The predicted molar refractivity (Wildman–Crippen MR) is 75.2 cm³/mol. The highest BCUT2D eigenvalue weighted by atomic mass is 16.6. The third kappa shape index (κ3) is 5.90. The molecule has 6 heteroatoms. The molecule has 0 aliphatic carbocycles. The van der Waals surface area contributed by atoms with Crippen LogP contribution in [0.5, 0.6) is 11.5 Å². The first kappa shape index (κ1) is 16.4. The maximum atomic E-state index is 11.4. The Balaban J connectivity index is 2.78. The Labute approximate surface area is 122 Å². The molecule has 0 saturated carbocycles. The Hall–Kier alpha value is -2.63. The Morgan fingerprint density at radius 2 is 1.90 bits per heavy atom. The van der Waals surface area contributed by atoms with E-state index in [9.17, 15) is 14.4 Å². The second kappa shape index (κ2) is 7.84. The standard InChI is InChI=1S/C15H16O6/c1-10(16)21-13-7-4-11(9-14(13)20-2)3-5-12(17)6-8-15(18)19/h3-5,7,9H,6,8H2,1-2H3,(H,18,19)/b5-3+. The van der Waals surface area contributed by atoms with Gasteiger partial charge in [-0.1, -0.05) is 12.1 Å². The first-order chi connectivity index (χ1) is 9.92. The van der Waals surface area contributed by atoms with Crippen LogP contribution >= 0.6 is 0 Å². The lowest BCUT2D eigenvalue weighted by atomic mass is 10.1. The van der Waals surface area contributed by atoms with Crippen molar-refractivity contribution in [1.29, 1.82) is 0 Å². The molecule has 6 nitrogen and oxygen atoms in total. The van der Waals surface area contributed by atoms with Gasteiger partial charge in [-0.2, -0.15) is 0 Å². The van der Waals surface area contributed by atoms with Crippen LogP contribution in [0, 0.1) is 0 Å². The van der Waals surface area contributed by atoms with Crippen molar-refractivity contribution in [2.45, 2.75) is 19.8 Å². The molecule has 0 heterocycles. The molecular weight excluding hydrogens is 276 g/mol. The summed E-state index contributed by atoms with van der Waals surface area (Å²) < 4.78 is 10.1. The van der Waals surface area contributed by atoms with E-state index in [2.05, 4.69) is 0 Å². The summed E-state index contributed by atoms with van der Waals surface area (Å²) >= 11 is 0. The molecule has 0 atom stereocenters. The lowest BCUT2D eigenvalue weighted by Crippen LogP contribution is -2.03. The van der Waals surface area contributed by atoms with Gasteiger partial charge in [-0.05, 0) is 23.8 Å². The lowest BCUT2D eigenvalue weighted by Gasteiger charge is -2.08. The molecule has 0 spiro atoms. The van der Waals surface area contributed by atoms with Gasteiger partial charge in [0.1, 0.15) is 0 Å². The number of aliphatic carboxylic acids is 1. The van der Waals surface area contributed by atoms with Crippen molar-refractivity contribution in [3.63, 3.8) is 0 Å². The van der Waals surface area contributed by atoms with Crippen LogP contribution in [0.1, 0.15) is 25.3 Å². The fraction of sp³-hybridized carbons (Fsp3) is 0.267. The molecule has 1 aromatic carbocycles. The number of carbonyl (C=O) groups is 3. The maximum absolute atomic E-state index is 11.4. The Morgan fingerprint density at radius 1 is 1.19 bits per heavy atom. The Kier molecular flexibility index (Phi) is 6.13. The Bertz CT molecular complexity index is 574. The summed E-state index contributed by atoms with van der Waals surface area (Å²) in [5.41, 5.74) is 0.673. The van der Waals surface area contributed by atoms with Crippen molar-refractivity contribution >= 4 is 23.8 Å². The highest BCUT2D eigenvalue weighted by Gasteiger charge is 2.07. The zero-order valence-electron chi connectivity index (χ0n) is 11.8. The van der Waals surface area contributed by atoms with E-state index in [1.165, 1.54) is 20.1 Å². The first-order valence-electron chi connectivity index (χ1n) is 6.21. The van der Waals surface area contributed by atoms with Crippen LogP contribution in [-0.2, 0) is 14.4 Å². The van der Waals surface area contributed by atoms with Crippen molar-refractivity contribution in [3.8, 4) is 11.5 Å². The molecule has 0 radical (unpaired) electrons. The molecule has 1 rings (SSSR count). The second-order valence-electron chi connectivity index (χ2n) is 4.20. The number of hydrogen-bond donors (Lipinski definition) is 1. The lowest BCUT2D eigenvalue weighted by molar-refractivity contribution is -0.138. The van der Waals surface area contributed by atoms with Gasteiger partial charge in [-0.15, -0.1) is 0 Å². The molecule has 0 aromatic heterocycles. The monoisotopic (exact) mass is 292 g/mol. The quantitative estimate of drug-likeness (QED) is 0.470. The van der Waals surface area contributed by atoms with Gasteiger partial charge in [0.25, 0.3) is 0 Å². The minimum absolute atomic E-state index is 0.0471. The van der Waals surface area contributed by atoms with E-state index >= 15 is 0 Å². The van der Waals surface area contributed by atoms with Crippen LogP contribution in [0.15, 0.2) is 24.3 Å². The van der Waals surface area contributed by atoms with Crippen LogP contribution in [0.3, 0.4) is 0 Å². The average Bonchev–Trinajstić information content (AvgIpc) is 2.43. The molecule has 1 N–H and O–H groups in total. The molecule has 1 aromatic rings. The van der Waals surface area contributed by atoms with Crippen molar-refractivity contribution in [1.82, 2.24) is 0 Å². The number of carboxylic acid groups (broad SMARTS) is 1.